The fourth-order valence-electron chi connectivity index (χ4n) is 1.98. The molecule has 1 fully saturated rings. The third kappa shape index (κ3) is 4.67. The summed E-state index contributed by atoms with van der Waals surface area (Å²) in [4.78, 5) is 14.2. The quantitative estimate of drug-likeness (QED) is 0.868. The first-order valence-electron chi connectivity index (χ1n) is 6.07. The second-order valence-electron chi connectivity index (χ2n) is 4.42. The van der Waals surface area contributed by atoms with Gasteiger partial charge in [0.15, 0.2) is 0 Å². The van der Waals surface area contributed by atoms with Gasteiger partial charge in [0.2, 0.25) is 5.91 Å². The minimum atomic E-state index is -0.224. The maximum atomic E-state index is 13.3. The lowest BCUT2D eigenvalue weighted by atomic mass is 10.3. The van der Waals surface area contributed by atoms with Crippen LogP contribution < -0.4 is 5.73 Å². The highest BCUT2D eigenvalue weighted by Crippen LogP contribution is 2.22. The number of hydrogen-bond acceptors (Lipinski definition) is 3. The highest BCUT2D eigenvalue weighted by molar-refractivity contribution is 7.99. The monoisotopic (exact) mass is 304 g/mol. The number of benzene rings is 1. The first-order chi connectivity index (χ1) is 8.66. The van der Waals surface area contributed by atoms with Crippen LogP contribution in [0.3, 0.4) is 0 Å². The molecular weight excluding hydrogens is 287 g/mol. The third-order valence-corrected chi connectivity index (χ3v) is 4.04. The van der Waals surface area contributed by atoms with Crippen molar-refractivity contribution in [2.24, 2.45) is 5.73 Å². The van der Waals surface area contributed by atoms with E-state index >= 15 is 0 Å². The number of rotatable bonds is 4. The third-order valence-electron chi connectivity index (χ3n) is 2.99. The summed E-state index contributed by atoms with van der Waals surface area (Å²) in [5.74, 6) is 0.496. The van der Waals surface area contributed by atoms with Crippen LogP contribution in [0.2, 0.25) is 0 Å². The van der Waals surface area contributed by atoms with Gasteiger partial charge in [0, 0.05) is 36.2 Å². The van der Waals surface area contributed by atoms with E-state index < -0.39 is 0 Å². The summed E-state index contributed by atoms with van der Waals surface area (Å²) in [6.45, 7) is 1.41. The molecule has 0 spiro atoms. The Hall–Kier alpha value is -0.780. The number of thioether (sulfide) groups is 1. The van der Waals surface area contributed by atoms with Crippen molar-refractivity contribution in [3.63, 3.8) is 0 Å². The zero-order valence-electron chi connectivity index (χ0n) is 10.5. The molecule has 1 aliphatic heterocycles. The second kappa shape index (κ2) is 7.72. The van der Waals surface area contributed by atoms with Gasteiger partial charge >= 0.3 is 0 Å². The van der Waals surface area contributed by atoms with Crippen LogP contribution >= 0.6 is 24.2 Å². The molecule has 1 aromatic carbocycles. The lowest BCUT2D eigenvalue weighted by molar-refractivity contribution is -0.129. The van der Waals surface area contributed by atoms with E-state index in [9.17, 15) is 9.18 Å². The maximum absolute atomic E-state index is 13.3. The fraction of sp³-hybridized carbons (Fsp3) is 0.462. The Bertz CT molecular complexity index is 433. The van der Waals surface area contributed by atoms with Crippen molar-refractivity contribution in [1.29, 1.82) is 0 Å². The molecule has 1 atom stereocenters. The Morgan fingerprint density at radius 1 is 1.47 bits per heavy atom. The molecule has 1 heterocycles. The van der Waals surface area contributed by atoms with Crippen LogP contribution in [0.15, 0.2) is 29.2 Å². The van der Waals surface area contributed by atoms with Gasteiger partial charge < -0.3 is 10.6 Å². The largest absolute Gasteiger partial charge is 0.341 e. The van der Waals surface area contributed by atoms with Gasteiger partial charge in [0.1, 0.15) is 5.82 Å². The Morgan fingerprint density at radius 2 is 2.21 bits per heavy atom. The molecule has 0 saturated carbocycles. The summed E-state index contributed by atoms with van der Waals surface area (Å²) >= 11 is 1.38. The van der Waals surface area contributed by atoms with E-state index in [-0.39, 0.29) is 30.2 Å². The summed E-state index contributed by atoms with van der Waals surface area (Å²) < 4.78 is 13.3. The molecule has 1 aromatic rings. The van der Waals surface area contributed by atoms with Crippen LogP contribution in [-0.2, 0) is 4.79 Å². The van der Waals surface area contributed by atoms with Gasteiger partial charge in [-0.2, -0.15) is 0 Å². The number of likely N-dealkylation sites (tertiary alicyclic amines) is 1. The van der Waals surface area contributed by atoms with Gasteiger partial charge in [-0.1, -0.05) is 12.1 Å². The number of carbonyl (C=O) groups excluding carboxylic acids is 1. The lowest BCUT2D eigenvalue weighted by Crippen LogP contribution is -2.32. The van der Waals surface area contributed by atoms with Crippen molar-refractivity contribution < 1.29 is 9.18 Å². The first-order valence-corrected chi connectivity index (χ1v) is 7.06. The van der Waals surface area contributed by atoms with Gasteiger partial charge in [-0.05, 0) is 18.6 Å². The molecule has 2 N–H and O–H groups in total. The minimum Gasteiger partial charge on any atom is -0.341 e. The van der Waals surface area contributed by atoms with Gasteiger partial charge in [-0.25, -0.2) is 4.39 Å². The second-order valence-corrected chi connectivity index (χ2v) is 5.55. The molecular formula is C13H18ClFN2OS. The summed E-state index contributed by atoms with van der Waals surface area (Å²) in [7, 11) is 0. The van der Waals surface area contributed by atoms with Crippen LogP contribution in [-0.4, -0.2) is 35.7 Å². The topological polar surface area (TPSA) is 46.3 Å². The fourth-order valence-corrected chi connectivity index (χ4v) is 2.86. The molecule has 0 unspecified atom stereocenters. The molecule has 1 saturated heterocycles. The van der Waals surface area contributed by atoms with E-state index in [1.165, 1.54) is 17.8 Å². The van der Waals surface area contributed by atoms with E-state index in [1.54, 1.807) is 23.1 Å². The maximum Gasteiger partial charge on any atom is 0.223 e. The molecule has 3 nitrogen and oxygen atoms in total. The SMILES string of the molecule is Cl.N[C@@H]1CCN(C(=O)CCSc2ccccc2F)C1. The average molecular weight is 305 g/mol. The van der Waals surface area contributed by atoms with Crippen molar-refractivity contribution in [3.8, 4) is 0 Å². The normalized spacial score (nSPS) is 18.2. The van der Waals surface area contributed by atoms with E-state index in [0.29, 0.717) is 23.6 Å². The zero-order valence-corrected chi connectivity index (χ0v) is 12.2. The van der Waals surface area contributed by atoms with Gasteiger partial charge in [-0.15, -0.1) is 24.2 Å². The summed E-state index contributed by atoms with van der Waals surface area (Å²) in [5, 5.41) is 0. The van der Waals surface area contributed by atoms with Crippen molar-refractivity contribution in [1.82, 2.24) is 4.90 Å². The molecule has 0 aliphatic carbocycles. The summed E-state index contributed by atoms with van der Waals surface area (Å²) in [6, 6.07) is 6.75. The summed E-state index contributed by atoms with van der Waals surface area (Å²) in [5.41, 5.74) is 5.75. The van der Waals surface area contributed by atoms with E-state index in [2.05, 4.69) is 0 Å². The predicted molar refractivity (Wildman–Crippen MR) is 78.2 cm³/mol. The molecule has 106 valence electrons. The van der Waals surface area contributed by atoms with Crippen molar-refractivity contribution in [2.45, 2.75) is 23.8 Å². The molecule has 6 heteroatoms. The van der Waals surface area contributed by atoms with E-state index in [1.807, 2.05) is 0 Å². The molecule has 19 heavy (non-hydrogen) atoms. The Labute approximate surface area is 123 Å². The molecule has 1 aliphatic rings. The van der Waals surface area contributed by atoms with Gasteiger partial charge in [-0.3, -0.25) is 4.79 Å². The smallest absolute Gasteiger partial charge is 0.223 e. The standard InChI is InChI=1S/C13H17FN2OS.ClH/c14-11-3-1-2-4-12(11)18-8-6-13(17)16-7-5-10(15)9-16;/h1-4,10H,5-9,15H2;1H/t10-;/m1./s1. The number of nitrogens with zero attached hydrogens (tertiary/aromatic N) is 1. The highest BCUT2D eigenvalue weighted by atomic mass is 35.5. The minimum absolute atomic E-state index is 0. The number of hydrogen-bond donors (Lipinski definition) is 1. The Kier molecular flexibility index (Phi) is 6.62. The number of nitrogens with two attached hydrogens (primary N) is 1. The average Bonchev–Trinajstić information content (AvgIpc) is 2.78. The van der Waals surface area contributed by atoms with Crippen molar-refractivity contribution in [2.75, 3.05) is 18.8 Å². The Morgan fingerprint density at radius 3 is 2.84 bits per heavy atom. The van der Waals surface area contributed by atoms with Crippen LogP contribution in [0.4, 0.5) is 4.39 Å². The molecule has 0 aromatic heterocycles. The first kappa shape index (κ1) is 16.3. The van der Waals surface area contributed by atoms with E-state index in [0.717, 1.165) is 13.0 Å². The molecule has 1 amide bonds. The lowest BCUT2D eigenvalue weighted by Gasteiger charge is -2.15. The molecule has 0 radical (unpaired) electrons. The van der Waals surface area contributed by atoms with Crippen molar-refractivity contribution in [3.05, 3.63) is 30.1 Å². The molecule has 2 rings (SSSR count). The number of amides is 1. The van der Waals surface area contributed by atoms with Gasteiger partial charge in [0.25, 0.3) is 0 Å². The van der Waals surface area contributed by atoms with Crippen molar-refractivity contribution >= 4 is 30.1 Å². The number of carbonyl (C=O) groups is 1. The predicted octanol–water partition coefficient (Wildman–Crippen LogP) is 2.29. The summed E-state index contributed by atoms with van der Waals surface area (Å²) in [6.07, 6.45) is 1.32. The van der Waals surface area contributed by atoms with Crippen LogP contribution in [0.25, 0.3) is 0 Å². The number of halogens is 2. The van der Waals surface area contributed by atoms with E-state index in [4.69, 9.17) is 5.73 Å². The highest BCUT2D eigenvalue weighted by Gasteiger charge is 2.22. The zero-order chi connectivity index (χ0) is 13.0. The molecule has 0 bridgehead atoms. The van der Waals surface area contributed by atoms with Crippen LogP contribution in [0.1, 0.15) is 12.8 Å². The van der Waals surface area contributed by atoms with Crippen LogP contribution in [0.5, 0.6) is 0 Å². The van der Waals surface area contributed by atoms with Gasteiger partial charge in [0.05, 0.1) is 0 Å². The Balaban J connectivity index is 0.00000180. The van der Waals surface area contributed by atoms with Crippen LogP contribution in [0, 0.1) is 5.82 Å².